The van der Waals surface area contributed by atoms with Gasteiger partial charge < -0.3 is 10.1 Å². The maximum atomic E-state index is 12.7. The Morgan fingerprint density at radius 2 is 2.12 bits per heavy atom. The van der Waals surface area contributed by atoms with Gasteiger partial charge >= 0.3 is 0 Å². The molecule has 1 aromatic rings. The molecule has 1 amide bonds. The van der Waals surface area contributed by atoms with E-state index in [2.05, 4.69) is 5.32 Å². The molecular weight excluding hydrogens is 209 g/mol. The topological polar surface area (TPSA) is 38.3 Å². The van der Waals surface area contributed by atoms with E-state index < -0.39 is 0 Å². The fraction of sp³-hybridized carbons (Fsp3) is 0.417. The number of carbonyl (C=O) groups is 1. The molecule has 0 aromatic heterocycles. The summed E-state index contributed by atoms with van der Waals surface area (Å²) in [5, 5.41) is 2.88. The second-order valence-corrected chi connectivity index (χ2v) is 3.95. The highest BCUT2D eigenvalue weighted by Crippen LogP contribution is 2.13. The monoisotopic (exact) mass is 223 g/mol. The van der Waals surface area contributed by atoms with Gasteiger partial charge in [0.25, 0.3) is 5.91 Å². The third-order valence-electron chi connectivity index (χ3n) is 2.80. The van der Waals surface area contributed by atoms with E-state index >= 15 is 0 Å². The number of carbonyl (C=O) groups excluding carboxylic acids is 1. The summed E-state index contributed by atoms with van der Waals surface area (Å²) in [5.74, 6) is -0.517. The number of hydrogen-bond acceptors (Lipinski definition) is 2. The standard InChI is InChI=1S/C12H14FNO2/c1-8-11(6-7-16-8)14-12(15)9-2-4-10(13)5-3-9/h2-5,8,11H,6-7H2,1H3,(H,14,15). The molecule has 2 rings (SSSR count). The minimum atomic E-state index is -0.339. The molecule has 0 spiro atoms. The number of halogens is 1. The number of amides is 1. The minimum Gasteiger partial charge on any atom is -0.376 e. The van der Waals surface area contributed by atoms with Gasteiger partial charge in [0.15, 0.2) is 0 Å². The largest absolute Gasteiger partial charge is 0.376 e. The van der Waals surface area contributed by atoms with E-state index in [-0.39, 0.29) is 23.9 Å². The maximum absolute atomic E-state index is 12.7. The van der Waals surface area contributed by atoms with Crippen molar-refractivity contribution in [1.29, 1.82) is 0 Å². The number of benzene rings is 1. The maximum Gasteiger partial charge on any atom is 0.251 e. The summed E-state index contributed by atoms with van der Waals surface area (Å²) < 4.78 is 18.0. The molecule has 86 valence electrons. The molecule has 1 aliphatic rings. The van der Waals surface area contributed by atoms with E-state index in [1.54, 1.807) is 0 Å². The Hall–Kier alpha value is -1.42. The van der Waals surface area contributed by atoms with Gasteiger partial charge in [-0.15, -0.1) is 0 Å². The lowest BCUT2D eigenvalue weighted by molar-refractivity contribution is 0.0866. The van der Waals surface area contributed by atoms with Crippen LogP contribution in [0.4, 0.5) is 4.39 Å². The van der Waals surface area contributed by atoms with Gasteiger partial charge in [-0.3, -0.25) is 4.79 Å². The molecule has 1 fully saturated rings. The van der Waals surface area contributed by atoms with Crippen molar-refractivity contribution < 1.29 is 13.9 Å². The van der Waals surface area contributed by atoms with Crippen LogP contribution in [0.3, 0.4) is 0 Å². The summed E-state index contributed by atoms with van der Waals surface area (Å²) in [6.07, 6.45) is 0.873. The van der Waals surface area contributed by atoms with Crippen LogP contribution in [0, 0.1) is 5.82 Å². The normalized spacial score (nSPS) is 24.4. The molecule has 1 N–H and O–H groups in total. The molecule has 2 atom stereocenters. The van der Waals surface area contributed by atoms with Crippen molar-refractivity contribution in [1.82, 2.24) is 5.32 Å². The molecule has 0 saturated carbocycles. The Labute approximate surface area is 93.6 Å². The zero-order valence-electron chi connectivity index (χ0n) is 9.07. The number of ether oxygens (including phenoxy) is 1. The van der Waals surface area contributed by atoms with Gasteiger partial charge in [0.05, 0.1) is 12.1 Å². The molecule has 1 aromatic carbocycles. The first-order chi connectivity index (χ1) is 7.66. The molecule has 1 heterocycles. The minimum absolute atomic E-state index is 0.0457. The highest BCUT2D eigenvalue weighted by Gasteiger charge is 2.25. The molecule has 1 aliphatic heterocycles. The van der Waals surface area contributed by atoms with Gasteiger partial charge in [0.2, 0.25) is 0 Å². The lowest BCUT2D eigenvalue weighted by atomic mass is 10.1. The first kappa shape index (κ1) is 11.1. The number of rotatable bonds is 2. The predicted octanol–water partition coefficient (Wildman–Crippen LogP) is 1.73. The van der Waals surface area contributed by atoms with Crippen molar-refractivity contribution in [2.75, 3.05) is 6.61 Å². The Kier molecular flexibility index (Phi) is 3.19. The molecule has 1 saturated heterocycles. The van der Waals surface area contributed by atoms with Crippen molar-refractivity contribution in [3.05, 3.63) is 35.6 Å². The van der Waals surface area contributed by atoms with Crippen LogP contribution in [0.25, 0.3) is 0 Å². The summed E-state index contributed by atoms with van der Waals surface area (Å²) >= 11 is 0. The second kappa shape index (κ2) is 4.61. The highest BCUT2D eigenvalue weighted by molar-refractivity contribution is 5.94. The van der Waals surface area contributed by atoms with Crippen LogP contribution in [-0.2, 0) is 4.74 Å². The van der Waals surface area contributed by atoms with Crippen molar-refractivity contribution in [2.45, 2.75) is 25.5 Å². The lowest BCUT2D eigenvalue weighted by Crippen LogP contribution is -2.39. The van der Waals surface area contributed by atoms with Crippen molar-refractivity contribution >= 4 is 5.91 Å². The Morgan fingerprint density at radius 1 is 1.44 bits per heavy atom. The molecule has 0 radical (unpaired) electrons. The Bertz CT molecular complexity index is 377. The summed E-state index contributed by atoms with van der Waals surface area (Å²) in [5.41, 5.74) is 0.473. The van der Waals surface area contributed by atoms with Gasteiger partial charge in [-0.1, -0.05) is 0 Å². The van der Waals surface area contributed by atoms with Crippen LogP contribution in [0.5, 0.6) is 0 Å². The SMILES string of the molecule is CC1OCCC1NC(=O)c1ccc(F)cc1. The van der Waals surface area contributed by atoms with Crippen LogP contribution in [0.15, 0.2) is 24.3 Å². The fourth-order valence-electron chi connectivity index (χ4n) is 1.77. The van der Waals surface area contributed by atoms with Gasteiger partial charge in [-0.05, 0) is 37.6 Å². The van der Waals surface area contributed by atoms with E-state index in [0.717, 1.165) is 6.42 Å². The van der Waals surface area contributed by atoms with Crippen LogP contribution in [0.2, 0.25) is 0 Å². The average Bonchev–Trinajstić information content (AvgIpc) is 2.65. The molecule has 0 aliphatic carbocycles. The van der Waals surface area contributed by atoms with Crippen molar-refractivity contribution in [3.63, 3.8) is 0 Å². The van der Waals surface area contributed by atoms with Crippen LogP contribution in [-0.4, -0.2) is 24.7 Å². The summed E-state index contributed by atoms with van der Waals surface area (Å²) in [4.78, 5) is 11.8. The zero-order valence-corrected chi connectivity index (χ0v) is 9.07. The van der Waals surface area contributed by atoms with E-state index in [0.29, 0.717) is 12.2 Å². The Morgan fingerprint density at radius 3 is 2.69 bits per heavy atom. The number of hydrogen-bond donors (Lipinski definition) is 1. The fourth-order valence-corrected chi connectivity index (χ4v) is 1.77. The first-order valence-corrected chi connectivity index (χ1v) is 5.35. The van der Waals surface area contributed by atoms with E-state index in [9.17, 15) is 9.18 Å². The molecular formula is C12H14FNO2. The molecule has 2 unspecified atom stereocenters. The lowest BCUT2D eigenvalue weighted by Gasteiger charge is -2.15. The van der Waals surface area contributed by atoms with Gasteiger partial charge in [0.1, 0.15) is 5.82 Å². The summed E-state index contributed by atoms with van der Waals surface area (Å²) in [6.45, 7) is 2.61. The van der Waals surface area contributed by atoms with Crippen LogP contribution in [0.1, 0.15) is 23.7 Å². The van der Waals surface area contributed by atoms with Gasteiger partial charge in [0, 0.05) is 12.2 Å². The highest BCUT2D eigenvalue weighted by atomic mass is 19.1. The van der Waals surface area contributed by atoms with E-state index in [1.165, 1.54) is 24.3 Å². The average molecular weight is 223 g/mol. The van der Waals surface area contributed by atoms with Crippen LogP contribution >= 0.6 is 0 Å². The van der Waals surface area contributed by atoms with Gasteiger partial charge in [-0.2, -0.15) is 0 Å². The van der Waals surface area contributed by atoms with Crippen molar-refractivity contribution in [2.24, 2.45) is 0 Å². The molecule has 0 bridgehead atoms. The molecule has 4 heteroatoms. The third-order valence-corrected chi connectivity index (χ3v) is 2.80. The summed E-state index contributed by atoms with van der Waals surface area (Å²) in [6, 6.07) is 5.57. The van der Waals surface area contributed by atoms with Crippen molar-refractivity contribution in [3.8, 4) is 0 Å². The smallest absolute Gasteiger partial charge is 0.251 e. The number of nitrogens with one attached hydrogen (secondary N) is 1. The van der Waals surface area contributed by atoms with Gasteiger partial charge in [-0.25, -0.2) is 4.39 Å². The quantitative estimate of drug-likeness (QED) is 0.829. The van der Waals surface area contributed by atoms with Crippen LogP contribution < -0.4 is 5.32 Å². The molecule has 16 heavy (non-hydrogen) atoms. The summed E-state index contributed by atoms with van der Waals surface area (Å²) in [7, 11) is 0. The van der Waals surface area contributed by atoms with E-state index in [4.69, 9.17) is 4.74 Å². The molecule has 3 nitrogen and oxygen atoms in total. The first-order valence-electron chi connectivity index (χ1n) is 5.35. The zero-order chi connectivity index (χ0) is 11.5. The second-order valence-electron chi connectivity index (χ2n) is 3.95. The Balaban J connectivity index is 2.00. The van der Waals surface area contributed by atoms with E-state index in [1.807, 2.05) is 6.92 Å². The predicted molar refractivity (Wildman–Crippen MR) is 57.7 cm³/mol. The third kappa shape index (κ3) is 2.39.